The van der Waals surface area contributed by atoms with Crippen molar-refractivity contribution in [3.63, 3.8) is 0 Å². The highest BCUT2D eigenvalue weighted by molar-refractivity contribution is 5.67. The van der Waals surface area contributed by atoms with E-state index < -0.39 is 5.97 Å². The molecule has 0 amide bonds. The zero-order valence-electron chi connectivity index (χ0n) is 17.5. The predicted molar refractivity (Wildman–Crippen MR) is 103 cm³/mol. The molecule has 0 aromatic heterocycles. The summed E-state index contributed by atoms with van der Waals surface area (Å²) in [6.45, 7) is 12.4. The van der Waals surface area contributed by atoms with Gasteiger partial charge in [-0.15, -0.1) is 0 Å². The lowest BCUT2D eigenvalue weighted by molar-refractivity contribution is -0.154. The van der Waals surface area contributed by atoms with Crippen LogP contribution in [0.4, 0.5) is 0 Å². The number of carbonyl (C=O) groups is 1. The molecule has 2 saturated heterocycles. The minimum absolute atomic E-state index is 0.000324. The fourth-order valence-electron chi connectivity index (χ4n) is 4.76. The number of ether oxygens (including phenoxy) is 4. The van der Waals surface area contributed by atoms with E-state index in [0.29, 0.717) is 45.6 Å². The van der Waals surface area contributed by atoms with Gasteiger partial charge >= 0.3 is 5.97 Å². The maximum atomic E-state index is 11.3. The third kappa shape index (κ3) is 7.00. The van der Waals surface area contributed by atoms with Crippen LogP contribution in [0.25, 0.3) is 0 Å². The first-order valence-electron chi connectivity index (χ1n) is 10.4. The third-order valence-corrected chi connectivity index (χ3v) is 6.08. The first kappa shape index (κ1) is 22.6. The van der Waals surface area contributed by atoms with Gasteiger partial charge in [0.25, 0.3) is 0 Å². The van der Waals surface area contributed by atoms with Crippen LogP contribution in [0.15, 0.2) is 0 Å². The lowest BCUT2D eigenvalue weighted by Crippen LogP contribution is -2.45. The number of aliphatic carboxylic acids is 1. The second-order valence-corrected chi connectivity index (χ2v) is 9.19. The normalized spacial score (nSPS) is 27.7. The molecule has 0 radical (unpaired) electrons. The highest BCUT2D eigenvalue weighted by Gasteiger charge is 2.42. The number of carboxylic acid groups (broad SMARTS) is 1. The smallest absolute Gasteiger partial charge is 0.303 e. The molecule has 1 N–H and O–H groups in total. The van der Waals surface area contributed by atoms with Gasteiger partial charge in [-0.2, -0.15) is 0 Å². The highest BCUT2D eigenvalue weighted by atomic mass is 16.6. The van der Waals surface area contributed by atoms with Crippen LogP contribution in [0.1, 0.15) is 59.8 Å². The van der Waals surface area contributed by atoms with Crippen LogP contribution in [0.3, 0.4) is 0 Å². The lowest BCUT2D eigenvalue weighted by Gasteiger charge is -2.44. The molecule has 6 heteroatoms. The summed E-state index contributed by atoms with van der Waals surface area (Å²) in [7, 11) is 0. The van der Waals surface area contributed by atoms with Crippen LogP contribution >= 0.6 is 0 Å². The molecule has 2 rings (SSSR count). The Kier molecular flexibility index (Phi) is 8.53. The van der Waals surface area contributed by atoms with Crippen molar-refractivity contribution >= 4 is 5.97 Å². The van der Waals surface area contributed by atoms with Crippen molar-refractivity contribution in [2.24, 2.45) is 16.7 Å². The van der Waals surface area contributed by atoms with Gasteiger partial charge in [-0.05, 0) is 36.0 Å². The van der Waals surface area contributed by atoms with Crippen LogP contribution in [0.5, 0.6) is 0 Å². The second-order valence-electron chi connectivity index (χ2n) is 9.19. The molecule has 4 unspecified atom stereocenters. The van der Waals surface area contributed by atoms with Crippen molar-refractivity contribution in [2.75, 3.05) is 39.6 Å². The summed E-state index contributed by atoms with van der Waals surface area (Å²) in [4.78, 5) is 11.3. The topological polar surface area (TPSA) is 74.2 Å². The van der Waals surface area contributed by atoms with Crippen molar-refractivity contribution in [3.8, 4) is 0 Å². The molecule has 2 heterocycles. The predicted octanol–water partition coefficient (Wildman–Crippen LogP) is 3.52. The van der Waals surface area contributed by atoms with Gasteiger partial charge in [0.2, 0.25) is 0 Å². The monoisotopic (exact) mass is 386 g/mol. The summed E-state index contributed by atoms with van der Waals surface area (Å²) in [5.74, 6) is -0.306. The van der Waals surface area contributed by atoms with Crippen molar-refractivity contribution < 1.29 is 28.8 Å². The van der Waals surface area contributed by atoms with E-state index in [1.807, 2.05) is 13.8 Å². The summed E-state index contributed by atoms with van der Waals surface area (Å²) < 4.78 is 23.3. The zero-order chi connectivity index (χ0) is 19.9. The van der Waals surface area contributed by atoms with Gasteiger partial charge in [0.15, 0.2) is 0 Å². The van der Waals surface area contributed by atoms with Crippen molar-refractivity contribution in [3.05, 3.63) is 0 Å². The fraction of sp³-hybridized carbons (Fsp3) is 0.952. The maximum absolute atomic E-state index is 11.3. The molecule has 2 aliphatic rings. The Labute approximate surface area is 163 Å². The first-order chi connectivity index (χ1) is 12.8. The van der Waals surface area contributed by atoms with Gasteiger partial charge in [-0.3, -0.25) is 4.79 Å². The van der Waals surface area contributed by atoms with Crippen molar-refractivity contribution in [1.82, 2.24) is 0 Å². The third-order valence-electron chi connectivity index (χ3n) is 6.08. The molecular weight excluding hydrogens is 348 g/mol. The average Bonchev–Trinajstić information content (AvgIpc) is 2.62. The van der Waals surface area contributed by atoms with E-state index in [4.69, 9.17) is 18.9 Å². The average molecular weight is 387 g/mol. The molecule has 0 aromatic carbocycles. The maximum Gasteiger partial charge on any atom is 0.303 e. The van der Waals surface area contributed by atoms with Crippen LogP contribution in [-0.2, 0) is 23.7 Å². The lowest BCUT2D eigenvalue weighted by atomic mass is 9.66. The Balaban J connectivity index is 2.07. The molecule has 0 spiro atoms. The summed E-state index contributed by atoms with van der Waals surface area (Å²) in [5, 5.41) is 9.30. The first-order valence-corrected chi connectivity index (χ1v) is 10.4. The molecule has 158 valence electrons. The molecule has 2 fully saturated rings. The van der Waals surface area contributed by atoms with Gasteiger partial charge in [0, 0.05) is 0 Å². The molecule has 27 heavy (non-hydrogen) atoms. The minimum Gasteiger partial charge on any atom is -0.481 e. The summed E-state index contributed by atoms with van der Waals surface area (Å²) in [6.07, 6.45) is 4.13. The van der Waals surface area contributed by atoms with E-state index in [1.54, 1.807) is 0 Å². The van der Waals surface area contributed by atoms with Gasteiger partial charge in [0.1, 0.15) is 0 Å². The van der Waals surface area contributed by atoms with E-state index >= 15 is 0 Å². The molecule has 0 aliphatic carbocycles. The van der Waals surface area contributed by atoms with Gasteiger partial charge in [-0.25, -0.2) is 0 Å². The van der Waals surface area contributed by atoms with E-state index in [9.17, 15) is 9.90 Å². The van der Waals surface area contributed by atoms with Crippen molar-refractivity contribution in [2.45, 2.75) is 72.0 Å². The van der Waals surface area contributed by atoms with E-state index in [2.05, 4.69) is 13.8 Å². The number of carboxylic acids is 1. The zero-order valence-corrected chi connectivity index (χ0v) is 17.5. The summed E-state index contributed by atoms with van der Waals surface area (Å²) >= 11 is 0. The van der Waals surface area contributed by atoms with Crippen LogP contribution in [0.2, 0.25) is 0 Å². The minimum atomic E-state index is -0.748. The Hall–Kier alpha value is -0.690. The largest absolute Gasteiger partial charge is 0.481 e. The van der Waals surface area contributed by atoms with Gasteiger partial charge < -0.3 is 24.1 Å². The van der Waals surface area contributed by atoms with E-state index in [-0.39, 0.29) is 29.5 Å². The van der Waals surface area contributed by atoms with Crippen LogP contribution in [-0.4, -0.2) is 62.9 Å². The summed E-state index contributed by atoms with van der Waals surface area (Å²) in [5.41, 5.74) is -0.435. The number of hydrogen-bond acceptors (Lipinski definition) is 5. The standard InChI is InChI=1S/C21H38O6/c1-5-16(17-13-24-8-10-26-17)6-7-21(4,18-14-25-9-11-27-18)15-20(2,3)12-19(22)23/h16-18H,5-15H2,1-4H3,(H,22,23). The summed E-state index contributed by atoms with van der Waals surface area (Å²) in [6, 6.07) is 0. The van der Waals surface area contributed by atoms with E-state index in [0.717, 1.165) is 25.7 Å². The Morgan fingerprint density at radius 1 is 1.07 bits per heavy atom. The SMILES string of the molecule is CCC(CCC(C)(CC(C)(C)CC(=O)O)C1COCCO1)C1COCCO1. The fourth-order valence-corrected chi connectivity index (χ4v) is 4.76. The number of hydrogen-bond donors (Lipinski definition) is 1. The molecule has 0 bridgehead atoms. The van der Waals surface area contributed by atoms with Crippen LogP contribution < -0.4 is 0 Å². The van der Waals surface area contributed by atoms with Crippen molar-refractivity contribution in [1.29, 1.82) is 0 Å². The molecule has 2 aliphatic heterocycles. The van der Waals surface area contributed by atoms with Gasteiger partial charge in [0.05, 0.1) is 58.3 Å². The Morgan fingerprint density at radius 3 is 2.26 bits per heavy atom. The second kappa shape index (κ2) is 10.2. The number of rotatable bonds is 10. The highest BCUT2D eigenvalue weighted by Crippen LogP contribution is 2.44. The van der Waals surface area contributed by atoms with Crippen LogP contribution in [0, 0.1) is 16.7 Å². The quantitative estimate of drug-likeness (QED) is 0.619. The molecule has 0 saturated carbocycles. The van der Waals surface area contributed by atoms with E-state index in [1.165, 1.54) is 0 Å². The Morgan fingerprint density at radius 2 is 1.74 bits per heavy atom. The molecule has 6 nitrogen and oxygen atoms in total. The molecule has 4 atom stereocenters. The van der Waals surface area contributed by atoms with Gasteiger partial charge in [-0.1, -0.05) is 34.1 Å². The Bertz CT molecular complexity index is 454. The molecular formula is C21H38O6. The molecule has 0 aromatic rings.